The summed E-state index contributed by atoms with van der Waals surface area (Å²) < 4.78 is 26.2. The molecule has 5 nitrogen and oxygen atoms in total. The first-order valence-electron chi connectivity index (χ1n) is 5.75. The van der Waals surface area contributed by atoms with Crippen LogP contribution >= 0.6 is 23.2 Å². The maximum atomic E-state index is 12.5. The number of sulfonamides is 1. The van der Waals surface area contributed by atoms with Gasteiger partial charge in [-0.25, -0.2) is 8.42 Å². The van der Waals surface area contributed by atoms with Crippen molar-refractivity contribution in [3.05, 3.63) is 22.2 Å². The minimum absolute atomic E-state index is 0.00920. The van der Waals surface area contributed by atoms with Gasteiger partial charge in [0, 0.05) is 18.1 Å². The van der Waals surface area contributed by atoms with E-state index in [0.717, 1.165) is 0 Å². The van der Waals surface area contributed by atoms with E-state index < -0.39 is 16.1 Å². The van der Waals surface area contributed by atoms with E-state index in [4.69, 9.17) is 28.9 Å². The Morgan fingerprint density at radius 3 is 2.63 bits per heavy atom. The maximum Gasteiger partial charge on any atom is 0.246 e. The highest BCUT2D eigenvalue weighted by Gasteiger charge is 2.32. The molecule has 0 amide bonds. The second-order valence-electron chi connectivity index (χ2n) is 4.47. The van der Waals surface area contributed by atoms with Gasteiger partial charge in [0.05, 0.1) is 16.8 Å². The molecule has 0 saturated carbocycles. The molecule has 3 N–H and O–H groups in total. The summed E-state index contributed by atoms with van der Waals surface area (Å²) in [5.41, 5.74) is 5.72. The number of aliphatic hydroxyl groups is 1. The van der Waals surface area contributed by atoms with Crippen LogP contribution in [0.15, 0.2) is 17.0 Å². The van der Waals surface area contributed by atoms with Gasteiger partial charge in [0.25, 0.3) is 0 Å². The normalized spacial score (nSPS) is 21.5. The highest BCUT2D eigenvalue weighted by molar-refractivity contribution is 7.89. The SMILES string of the molecule is Nc1cc(Cl)cc(Cl)c1S(=O)(=O)N1CCC[C@H](O)C1. The average Bonchev–Trinajstić information content (AvgIpc) is 2.26. The zero-order chi connectivity index (χ0) is 14.2. The Bertz CT molecular complexity index is 569. The monoisotopic (exact) mass is 324 g/mol. The van der Waals surface area contributed by atoms with Gasteiger partial charge >= 0.3 is 0 Å². The second-order valence-corrected chi connectivity index (χ2v) is 7.18. The predicted molar refractivity (Wildman–Crippen MR) is 74.9 cm³/mol. The largest absolute Gasteiger partial charge is 0.398 e. The van der Waals surface area contributed by atoms with Crippen LogP contribution in [0, 0.1) is 0 Å². The number of halogens is 2. The molecule has 0 unspecified atom stereocenters. The predicted octanol–water partition coefficient (Wildman–Crippen LogP) is 1.72. The number of benzene rings is 1. The standard InChI is InChI=1S/C11H14Cl2N2O3S/c12-7-4-9(13)11(10(14)5-7)19(17,18)15-3-1-2-8(16)6-15/h4-5,8,16H,1-3,6,14H2/t8-/m0/s1. The molecule has 1 aliphatic heterocycles. The van der Waals surface area contributed by atoms with Gasteiger partial charge in [0.15, 0.2) is 0 Å². The number of β-amino-alcohol motifs (C(OH)–C–C–N with tert-alkyl or cyclic N) is 1. The molecule has 0 bridgehead atoms. The Morgan fingerprint density at radius 2 is 2.05 bits per heavy atom. The Balaban J connectivity index is 2.45. The smallest absolute Gasteiger partial charge is 0.246 e. The van der Waals surface area contributed by atoms with Gasteiger partial charge in [-0.15, -0.1) is 0 Å². The van der Waals surface area contributed by atoms with Crippen LogP contribution in [0.3, 0.4) is 0 Å². The van der Waals surface area contributed by atoms with Crippen molar-refractivity contribution in [2.45, 2.75) is 23.8 Å². The number of anilines is 1. The first-order valence-corrected chi connectivity index (χ1v) is 7.94. The lowest BCUT2D eigenvalue weighted by atomic mass is 10.1. The number of hydrogen-bond acceptors (Lipinski definition) is 4. The minimum Gasteiger partial charge on any atom is -0.398 e. The molecule has 0 aliphatic carbocycles. The van der Waals surface area contributed by atoms with Crippen molar-refractivity contribution in [1.29, 1.82) is 0 Å². The van der Waals surface area contributed by atoms with Gasteiger partial charge in [-0.3, -0.25) is 0 Å². The van der Waals surface area contributed by atoms with Crippen LogP contribution in [0.2, 0.25) is 10.0 Å². The third-order valence-corrected chi connectivity index (χ3v) is 5.61. The van der Waals surface area contributed by atoms with Crippen molar-refractivity contribution in [3.63, 3.8) is 0 Å². The van der Waals surface area contributed by atoms with E-state index in [-0.39, 0.29) is 27.2 Å². The van der Waals surface area contributed by atoms with E-state index in [1.165, 1.54) is 16.4 Å². The lowest BCUT2D eigenvalue weighted by Gasteiger charge is -2.29. The summed E-state index contributed by atoms with van der Waals surface area (Å²) in [5.74, 6) is 0. The lowest BCUT2D eigenvalue weighted by molar-refractivity contribution is 0.108. The zero-order valence-corrected chi connectivity index (χ0v) is 12.3. The Labute approximate surface area is 122 Å². The molecular formula is C11H14Cl2N2O3S. The summed E-state index contributed by atoms with van der Waals surface area (Å²) >= 11 is 11.7. The second kappa shape index (κ2) is 5.46. The number of piperidine rings is 1. The van der Waals surface area contributed by atoms with Crippen LogP contribution < -0.4 is 5.73 Å². The van der Waals surface area contributed by atoms with Crippen molar-refractivity contribution in [1.82, 2.24) is 4.31 Å². The minimum atomic E-state index is -3.82. The van der Waals surface area contributed by atoms with Gasteiger partial charge in [-0.2, -0.15) is 4.31 Å². The molecule has 2 rings (SSSR count). The molecular weight excluding hydrogens is 311 g/mol. The van der Waals surface area contributed by atoms with Crippen LogP contribution in [-0.2, 0) is 10.0 Å². The van der Waals surface area contributed by atoms with E-state index in [1.807, 2.05) is 0 Å². The van der Waals surface area contributed by atoms with Crippen LogP contribution in [0.4, 0.5) is 5.69 Å². The Morgan fingerprint density at radius 1 is 1.37 bits per heavy atom. The number of nitrogens with two attached hydrogens (primary N) is 1. The topological polar surface area (TPSA) is 83.6 Å². The number of nitrogen functional groups attached to an aromatic ring is 1. The molecule has 0 radical (unpaired) electrons. The number of hydrogen-bond donors (Lipinski definition) is 2. The van der Waals surface area contributed by atoms with Gasteiger partial charge in [-0.05, 0) is 25.0 Å². The third kappa shape index (κ3) is 2.98. The first-order chi connectivity index (χ1) is 8.82. The van der Waals surface area contributed by atoms with Gasteiger partial charge in [0.2, 0.25) is 10.0 Å². The molecule has 1 aliphatic rings. The molecule has 0 spiro atoms. The van der Waals surface area contributed by atoms with Crippen LogP contribution in [0.25, 0.3) is 0 Å². The quantitative estimate of drug-likeness (QED) is 0.811. The van der Waals surface area contributed by atoms with Gasteiger partial charge < -0.3 is 10.8 Å². The maximum absolute atomic E-state index is 12.5. The average molecular weight is 325 g/mol. The number of rotatable bonds is 2. The molecule has 19 heavy (non-hydrogen) atoms. The van der Waals surface area contributed by atoms with Crippen LogP contribution in [-0.4, -0.2) is 37.0 Å². The number of aliphatic hydroxyl groups excluding tert-OH is 1. The van der Waals surface area contributed by atoms with Crippen molar-refractivity contribution in [3.8, 4) is 0 Å². The van der Waals surface area contributed by atoms with Crippen molar-refractivity contribution in [2.75, 3.05) is 18.8 Å². The lowest BCUT2D eigenvalue weighted by Crippen LogP contribution is -2.42. The summed E-state index contributed by atoms with van der Waals surface area (Å²) in [6, 6.07) is 2.69. The fourth-order valence-corrected chi connectivity index (χ4v) is 4.58. The van der Waals surface area contributed by atoms with Crippen molar-refractivity contribution < 1.29 is 13.5 Å². The van der Waals surface area contributed by atoms with E-state index >= 15 is 0 Å². The molecule has 1 aromatic carbocycles. The van der Waals surface area contributed by atoms with E-state index in [2.05, 4.69) is 0 Å². The van der Waals surface area contributed by atoms with E-state index in [0.29, 0.717) is 19.4 Å². The number of nitrogens with zero attached hydrogens (tertiary/aromatic N) is 1. The van der Waals surface area contributed by atoms with Gasteiger partial charge in [-0.1, -0.05) is 23.2 Å². The van der Waals surface area contributed by atoms with Crippen molar-refractivity contribution >= 4 is 38.9 Å². The van der Waals surface area contributed by atoms with Crippen LogP contribution in [0.1, 0.15) is 12.8 Å². The molecule has 1 saturated heterocycles. The highest BCUT2D eigenvalue weighted by Crippen LogP contribution is 2.34. The Hall–Kier alpha value is -0.530. The molecule has 1 atom stereocenters. The first kappa shape index (κ1) is 14.9. The van der Waals surface area contributed by atoms with E-state index in [1.54, 1.807) is 0 Å². The summed E-state index contributed by atoms with van der Waals surface area (Å²) in [6.45, 7) is 0.401. The van der Waals surface area contributed by atoms with E-state index in [9.17, 15) is 13.5 Å². The molecule has 1 aromatic rings. The molecule has 8 heteroatoms. The van der Waals surface area contributed by atoms with Gasteiger partial charge in [0.1, 0.15) is 4.90 Å². The molecule has 1 fully saturated rings. The fraction of sp³-hybridized carbons (Fsp3) is 0.455. The summed E-state index contributed by atoms with van der Waals surface area (Å²) in [7, 11) is -3.82. The molecule has 1 heterocycles. The summed E-state index contributed by atoms with van der Waals surface area (Å²) in [4.78, 5) is -0.146. The summed E-state index contributed by atoms with van der Waals surface area (Å²) in [5, 5.41) is 9.85. The highest BCUT2D eigenvalue weighted by atomic mass is 35.5. The zero-order valence-electron chi connectivity index (χ0n) is 10.0. The molecule has 106 valence electrons. The molecule has 0 aromatic heterocycles. The fourth-order valence-electron chi connectivity index (χ4n) is 2.12. The third-order valence-electron chi connectivity index (χ3n) is 2.99. The summed E-state index contributed by atoms with van der Waals surface area (Å²) in [6.07, 6.45) is 0.539. The Kier molecular flexibility index (Phi) is 4.27. The van der Waals surface area contributed by atoms with Crippen molar-refractivity contribution in [2.24, 2.45) is 0 Å². The van der Waals surface area contributed by atoms with Crippen LogP contribution in [0.5, 0.6) is 0 Å².